The number of nitrogens with zero attached hydrogens (tertiary/aromatic N) is 1. The van der Waals surface area contributed by atoms with Gasteiger partial charge in [0.1, 0.15) is 10.6 Å². The molecule has 174 valence electrons. The van der Waals surface area contributed by atoms with Crippen molar-refractivity contribution in [3.8, 4) is 5.75 Å². The Hall–Kier alpha value is -3.33. The third-order valence-corrected chi connectivity index (χ3v) is 6.08. The molecular weight excluding hydrogens is 455 g/mol. The average molecular weight is 478 g/mol. The van der Waals surface area contributed by atoms with E-state index in [-0.39, 0.29) is 24.2 Å². The number of alkyl halides is 3. The molecule has 33 heavy (non-hydrogen) atoms. The van der Waals surface area contributed by atoms with Crippen LogP contribution in [0.4, 0.5) is 13.2 Å². The summed E-state index contributed by atoms with van der Waals surface area (Å²) < 4.78 is 68.5. The van der Waals surface area contributed by atoms with Gasteiger partial charge in [0, 0.05) is 18.2 Å². The summed E-state index contributed by atoms with van der Waals surface area (Å²) in [5, 5.41) is 0. The van der Waals surface area contributed by atoms with Crippen molar-refractivity contribution >= 4 is 16.0 Å². The average Bonchev–Trinajstić information content (AvgIpc) is 2.78. The molecule has 3 rings (SSSR count). The smallest absolute Gasteiger partial charge is 0.379 e. The molecule has 3 aromatic carbocycles. The van der Waals surface area contributed by atoms with Crippen molar-refractivity contribution in [2.24, 2.45) is 0 Å². The van der Waals surface area contributed by atoms with E-state index in [1.165, 1.54) is 12.1 Å². The highest BCUT2D eigenvalue weighted by Gasteiger charge is 2.32. The minimum absolute atomic E-state index is 0.0540. The third kappa shape index (κ3) is 6.13. The second-order valence-electron chi connectivity index (χ2n) is 7.60. The van der Waals surface area contributed by atoms with Gasteiger partial charge in [-0.15, -0.1) is 0 Å². The van der Waals surface area contributed by atoms with E-state index in [0.717, 1.165) is 23.8 Å². The lowest BCUT2D eigenvalue weighted by atomic mass is 10.1. The van der Waals surface area contributed by atoms with E-state index in [0.29, 0.717) is 11.6 Å². The molecule has 5 nitrogen and oxygen atoms in total. The minimum Gasteiger partial charge on any atom is -0.379 e. The molecule has 0 aliphatic carbocycles. The van der Waals surface area contributed by atoms with Crippen LogP contribution < -0.4 is 4.18 Å². The van der Waals surface area contributed by atoms with Crippen molar-refractivity contribution < 1.29 is 30.6 Å². The van der Waals surface area contributed by atoms with Gasteiger partial charge in [-0.25, -0.2) is 0 Å². The highest BCUT2D eigenvalue weighted by molar-refractivity contribution is 7.87. The first-order valence-corrected chi connectivity index (χ1v) is 11.4. The number of carbonyl (C=O) groups is 1. The normalized spacial score (nSPS) is 11.9. The fourth-order valence-electron chi connectivity index (χ4n) is 3.09. The minimum atomic E-state index is -4.67. The lowest BCUT2D eigenvalue weighted by Crippen LogP contribution is -2.36. The van der Waals surface area contributed by atoms with Crippen LogP contribution in [-0.2, 0) is 22.8 Å². The highest BCUT2D eigenvalue weighted by Crippen LogP contribution is 2.31. The molecule has 0 radical (unpaired) electrons. The van der Waals surface area contributed by atoms with Crippen LogP contribution in [0.3, 0.4) is 0 Å². The monoisotopic (exact) mass is 477 g/mol. The van der Waals surface area contributed by atoms with Crippen molar-refractivity contribution in [2.45, 2.75) is 37.5 Å². The van der Waals surface area contributed by atoms with Gasteiger partial charge in [0.05, 0.1) is 5.56 Å². The van der Waals surface area contributed by atoms with E-state index in [2.05, 4.69) is 0 Å². The van der Waals surface area contributed by atoms with Gasteiger partial charge >= 0.3 is 16.3 Å². The fourth-order valence-corrected chi connectivity index (χ4v) is 4.06. The van der Waals surface area contributed by atoms with E-state index < -0.39 is 26.8 Å². The summed E-state index contributed by atoms with van der Waals surface area (Å²) in [7, 11) is -4.46. The summed E-state index contributed by atoms with van der Waals surface area (Å²) in [6.45, 7) is 4.06. The number of amides is 1. The molecular formula is C24H22F3NO4S. The quantitative estimate of drug-likeness (QED) is 0.420. The maximum atomic E-state index is 12.9. The number of halogens is 3. The van der Waals surface area contributed by atoms with Gasteiger partial charge in [0.15, 0.2) is 0 Å². The Morgan fingerprint density at radius 2 is 1.58 bits per heavy atom. The van der Waals surface area contributed by atoms with Gasteiger partial charge in [-0.2, -0.15) is 21.6 Å². The van der Waals surface area contributed by atoms with E-state index in [1.54, 1.807) is 41.3 Å². The summed E-state index contributed by atoms with van der Waals surface area (Å²) in [4.78, 5) is 13.9. The number of hydrogen-bond donors (Lipinski definition) is 0. The Morgan fingerprint density at radius 1 is 0.939 bits per heavy atom. The maximum Gasteiger partial charge on any atom is 0.416 e. The lowest BCUT2D eigenvalue weighted by Gasteiger charge is -2.27. The molecule has 0 saturated carbocycles. The fraction of sp³-hybridized carbons (Fsp3) is 0.208. The number of hydrogen-bond acceptors (Lipinski definition) is 4. The molecule has 0 aliphatic heterocycles. The molecule has 0 aliphatic rings. The Morgan fingerprint density at radius 3 is 2.15 bits per heavy atom. The first kappa shape index (κ1) is 24.3. The molecule has 0 unspecified atom stereocenters. The molecule has 1 amide bonds. The van der Waals surface area contributed by atoms with Gasteiger partial charge in [0.2, 0.25) is 0 Å². The topological polar surface area (TPSA) is 63.7 Å². The van der Waals surface area contributed by atoms with Gasteiger partial charge in [0.25, 0.3) is 5.91 Å². The van der Waals surface area contributed by atoms with Gasteiger partial charge in [-0.1, -0.05) is 36.4 Å². The summed E-state index contributed by atoms with van der Waals surface area (Å²) in [5.74, 6) is -0.195. The van der Waals surface area contributed by atoms with Crippen LogP contribution in [0.2, 0.25) is 0 Å². The molecule has 0 heterocycles. The predicted octanol–water partition coefficient (Wildman–Crippen LogP) is 5.52. The molecule has 0 bridgehead atoms. The van der Waals surface area contributed by atoms with Crippen molar-refractivity contribution in [1.82, 2.24) is 4.90 Å². The van der Waals surface area contributed by atoms with Crippen LogP contribution in [-0.4, -0.2) is 25.3 Å². The Labute approximate surface area is 190 Å². The predicted molar refractivity (Wildman–Crippen MR) is 117 cm³/mol. The molecule has 0 spiro atoms. The Kier molecular flexibility index (Phi) is 7.12. The van der Waals surface area contributed by atoms with Gasteiger partial charge in [-0.3, -0.25) is 4.79 Å². The van der Waals surface area contributed by atoms with Crippen LogP contribution in [0, 0.1) is 0 Å². The van der Waals surface area contributed by atoms with Crippen LogP contribution in [0.5, 0.6) is 5.75 Å². The van der Waals surface area contributed by atoms with E-state index in [4.69, 9.17) is 4.18 Å². The number of rotatable bonds is 7. The molecule has 0 fully saturated rings. The highest BCUT2D eigenvalue weighted by atomic mass is 32.2. The second kappa shape index (κ2) is 9.66. The van der Waals surface area contributed by atoms with Crippen molar-refractivity contribution in [3.63, 3.8) is 0 Å². The zero-order valence-electron chi connectivity index (χ0n) is 17.9. The summed E-state index contributed by atoms with van der Waals surface area (Å²) in [6.07, 6.45) is -4.67. The van der Waals surface area contributed by atoms with Gasteiger partial charge < -0.3 is 9.08 Å². The Bertz CT molecular complexity index is 1210. The van der Waals surface area contributed by atoms with E-state index in [9.17, 15) is 26.4 Å². The van der Waals surface area contributed by atoms with Crippen LogP contribution in [0.25, 0.3) is 0 Å². The second-order valence-corrected chi connectivity index (χ2v) is 9.15. The van der Waals surface area contributed by atoms with Gasteiger partial charge in [-0.05, 0) is 61.9 Å². The lowest BCUT2D eigenvalue weighted by molar-refractivity contribution is -0.137. The van der Waals surface area contributed by atoms with E-state index in [1.807, 2.05) is 19.9 Å². The summed E-state index contributed by atoms with van der Waals surface area (Å²) in [5.41, 5.74) is 0.203. The van der Waals surface area contributed by atoms with Crippen molar-refractivity contribution in [2.75, 3.05) is 0 Å². The zero-order valence-corrected chi connectivity index (χ0v) is 18.7. The number of benzene rings is 3. The standard InChI is InChI=1S/C24H22F3NO4S/c1-17(2)28(23(29)19-7-4-3-5-8-19)16-18-11-13-21(14-12-18)32-33(30,31)22-10-6-9-20(15-22)24(25,26)27/h3-15,17H,16H2,1-2H3. The van der Waals surface area contributed by atoms with Crippen molar-refractivity contribution in [1.29, 1.82) is 0 Å². The SMILES string of the molecule is CC(C)N(Cc1ccc(OS(=O)(=O)c2cccc(C(F)(F)F)c2)cc1)C(=O)c1ccccc1. The largest absolute Gasteiger partial charge is 0.416 e. The molecule has 0 N–H and O–H groups in total. The molecule has 9 heteroatoms. The van der Waals surface area contributed by atoms with E-state index >= 15 is 0 Å². The van der Waals surface area contributed by atoms with Crippen LogP contribution in [0.1, 0.15) is 35.3 Å². The first-order valence-electron chi connectivity index (χ1n) is 10.0. The molecule has 0 aromatic heterocycles. The number of carbonyl (C=O) groups excluding carboxylic acids is 1. The molecule has 0 saturated heterocycles. The first-order chi connectivity index (χ1) is 15.5. The van der Waals surface area contributed by atoms with Crippen LogP contribution >= 0.6 is 0 Å². The van der Waals surface area contributed by atoms with Crippen molar-refractivity contribution in [3.05, 3.63) is 95.6 Å². The molecule has 3 aromatic rings. The third-order valence-electron chi connectivity index (χ3n) is 4.84. The molecule has 0 atom stereocenters. The Balaban J connectivity index is 1.75. The van der Waals surface area contributed by atoms with Crippen LogP contribution in [0.15, 0.2) is 83.8 Å². The zero-order chi connectivity index (χ0) is 24.2. The summed E-state index contributed by atoms with van der Waals surface area (Å²) >= 11 is 0. The maximum absolute atomic E-state index is 12.9. The summed E-state index contributed by atoms with van der Waals surface area (Å²) in [6, 6.07) is 18.1.